The number of Topliss-reactive ketones (excluding diaryl/α,β-unsaturated/α-hetero) is 1. The van der Waals surface area contributed by atoms with Crippen molar-refractivity contribution >= 4 is 17.5 Å². The molecule has 2 heterocycles. The number of nitrogens with zero attached hydrogens (tertiary/aromatic N) is 2. The molecular weight excluding hydrogens is 236 g/mol. The van der Waals surface area contributed by atoms with E-state index in [4.69, 9.17) is 4.42 Å². The Bertz CT molecular complexity index is 544. The first-order valence-electron chi connectivity index (χ1n) is 5.15. The van der Waals surface area contributed by atoms with Crippen molar-refractivity contribution in [1.29, 1.82) is 0 Å². The zero-order valence-electron chi connectivity index (χ0n) is 9.85. The second-order valence-corrected chi connectivity index (χ2v) is 4.58. The van der Waals surface area contributed by atoms with Crippen LogP contribution in [0.25, 0.3) is 0 Å². The fourth-order valence-corrected chi connectivity index (χ4v) is 2.26. The van der Waals surface area contributed by atoms with Gasteiger partial charge in [0.2, 0.25) is 0 Å². The van der Waals surface area contributed by atoms with Gasteiger partial charge in [0.15, 0.2) is 5.78 Å². The van der Waals surface area contributed by atoms with Crippen molar-refractivity contribution in [1.82, 2.24) is 9.97 Å². The number of carbonyl (C=O) groups is 1. The molecule has 0 atom stereocenters. The van der Waals surface area contributed by atoms with Crippen LogP contribution in [-0.2, 0) is 0 Å². The van der Waals surface area contributed by atoms with Crippen LogP contribution in [0, 0.1) is 13.8 Å². The lowest BCUT2D eigenvalue weighted by atomic mass is 10.2. The molecule has 2 aromatic rings. The number of oxazole rings is 1. The van der Waals surface area contributed by atoms with Crippen molar-refractivity contribution < 1.29 is 9.21 Å². The second kappa shape index (κ2) is 4.71. The summed E-state index contributed by atoms with van der Waals surface area (Å²) in [5.74, 6) is 0.772. The van der Waals surface area contributed by atoms with Crippen LogP contribution < -0.4 is 0 Å². The highest BCUT2D eigenvalue weighted by Gasteiger charge is 2.13. The monoisotopic (exact) mass is 248 g/mol. The molecule has 2 aromatic heterocycles. The van der Waals surface area contributed by atoms with E-state index >= 15 is 0 Å². The van der Waals surface area contributed by atoms with Crippen LogP contribution in [0.15, 0.2) is 33.0 Å². The Kier molecular flexibility index (Phi) is 3.28. The fraction of sp³-hybridized carbons (Fsp3) is 0.250. The largest absolute Gasteiger partial charge is 0.436 e. The SMILES string of the molecule is CC(=O)c1cccnc1Sc1nc(C)c(C)o1. The van der Waals surface area contributed by atoms with Crippen molar-refractivity contribution in [2.75, 3.05) is 0 Å². The molecule has 88 valence electrons. The van der Waals surface area contributed by atoms with Crippen molar-refractivity contribution in [3.8, 4) is 0 Å². The van der Waals surface area contributed by atoms with Gasteiger partial charge in [0.05, 0.1) is 11.3 Å². The van der Waals surface area contributed by atoms with E-state index in [0.29, 0.717) is 15.8 Å². The van der Waals surface area contributed by atoms with Crippen LogP contribution in [0.1, 0.15) is 28.7 Å². The molecule has 5 heteroatoms. The topological polar surface area (TPSA) is 56.0 Å². The van der Waals surface area contributed by atoms with E-state index in [1.54, 1.807) is 18.3 Å². The van der Waals surface area contributed by atoms with Gasteiger partial charge in [-0.15, -0.1) is 0 Å². The predicted octanol–water partition coefficient (Wildman–Crippen LogP) is 3.04. The van der Waals surface area contributed by atoms with Crippen LogP contribution in [0.4, 0.5) is 0 Å². The summed E-state index contributed by atoms with van der Waals surface area (Å²) in [6.07, 6.45) is 1.65. The molecule has 0 fully saturated rings. The Morgan fingerprint density at radius 3 is 2.76 bits per heavy atom. The lowest BCUT2D eigenvalue weighted by molar-refractivity contribution is 0.101. The van der Waals surface area contributed by atoms with Crippen molar-refractivity contribution in [3.05, 3.63) is 35.3 Å². The second-order valence-electron chi connectivity index (χ2n) is 3.64. The maximum absolute atomic E-state index is 11.4. The van der Waals surface area contributed by atoms with E-state index in [1.807, 2.05) is 13.8 Å². The van der Waals surface area contributed by atoms with Gasteiger partial charge in [-0.25, -0.2) is 9.97 Å². The van der Waals surface area contributed by atoms with Crippen LogP contribution >= 0.6 is 11.8 Å². The summed E-state index contributed by atoms with van der Waals surface area (Å²) in [6, 6.07) is 3.49. The molecule has 0 radical (unpaired) electrons. The van der Waals surface area contributed by atoms with Crippen molar-refractivity contribution in [2.24, 2.45) is 0 Å². The minimum absolute atomic E-state index is 0.0133. The summed E-state index contributed by atoms with van der Waals surface area (Å²) in [4.78, 5) is 19.9. The van der Waals surface area contributed by atoms with Crippen LogP contribution in [0.3, 0.4) is 0 Å². The molecule has 0 aromatic carbocycles. The lowest BCUT2D eigenvalue weighted by Gasteiger charge is -2.01. The van der Waals surface area contributed by atoms with Gasteiger partial charge in [-0.05, 0) is 44.7 Å². The number of hydrogen-bond donors (Lipinski definition) is 0. The van der Waals surface area contributed by atoms with Gasteiger partial charge >= 0.3 is 0 Å². The van der Waals surface area contributed by atoms with Crippen molar-refractivity contribution in [2.45, 2.75) is 31.0 Å². The predicted molar refractivity (Wildman–Crippen MR) is 64.3 cm³/mol. The average Bonchev–Trinajstić information content (AvgIpc) is 2.58. The summed E-state index contributed by atoms with van der Waals surface area (Å²) in [7, 11) is 0. The van der Waals surface area contributed by atoms with E-state index in [-0.39, 0.29) is 5.78 Å². The first kappa shape index (κ1) is 11.9. The summed E-state index contributed by atoms with van der Waals surface area (Å²) in [5, 5.41) is 1.14. The van der Waals surface area contributed by atoms with Gasteiger partial charge in [-0.1, -0.05) is 0 Å². The third kappa shape index (κ3) is 2.55. The molecule has 2 rings (SSSR count). The maximum atomic E-state index is 11.4. The molecular formula is C12H12N2O2S. The van der Waals surface area contributed by atoms with Gasteiger partial charge in [0, 0.05) is 6.20 Å². The van der Waals surface area contributed by atoms with E-state index in [9.17, 15) is 4.79 Å². The number of pyridine rings is 1. The molecule has 0 aliphatic rings. The molecule has 0 unspecified atom stereocenters. The Morgan fingerprint density at radius 2 is 2.18 bits per heavy atom. The summed E-state index contributed by atoms with van der Waals surface area (Å²) >= 11 is 1.27. The molecule has 0 aliphatic heterocycles. The van der Waals surface area contributed by atoms with E-state index in [1.165, 1.54) is 18.7 Å². The molecule has 17 heavy (non-hydrogen) atoms. The van der Waals surface area contributed by atoms with E-state index < -0.39 is 0 Å². The van der Waals surface area contributed by atoms with Crippen molar-refractivity contribution in [3.63, 3.8) is 0 Å². The third-order valence-corrected chi connectivity index (χ3v) is 3.21. The Morgan fingerprint density at radius 1 is 1.41 bits per heavy atom. The maximum Gasteiger partial charge on any atom is 0.262 e. The lowest BCUT2D eigenvalue weighted by Crippen LogP contribution is -1.96. The standard InChI is InChI=1S/C12H12N2O2S/c1-7-9(3)16-12(14-7)17-11-10(8(2)15)5-4-6-13-11/h4-6H,1-3H3. The zero-order chi connectivity index (χ0) is 12.4. The number of ketones is 1. The molecule has 0 bridgehead atoms. The third-order valence-electron chi connectivity index (χ3n) is 2.34. The summed E-state index contributed by atoms with van der Waals surface area (Å²) in [6.45, 7) is 5.26. The first-order chi connectivity index (χ1) is 8.08. The molecule has 0 spiro atoms. The highest BCUT2D eigenvalue weighted by Crippen LogP contribution is 2.29. The van der Waals surface area contributed by atoms with Gasteiger partial charge < -0.3 is 4.42 Å². The minimum atomic E-state index is -0.0133. The fourth-order valence-electron chi connectivity index (χ4n) is 1.31. The van der Waals surface area contributed by atoms with Crippen LogP contribution in [0.2, 0.25) is 0 Å². The number of aromatic nitrogens is 2. The van der Waals surface area contributed by atoms with Gasteiger partial charge in [-0.3, -0.25) is 4.79 Å². The van der Waals surface area contributed by atoms with Crippen LogP contribution in [0.5, 0.6) is 0 Å². The normalized spacial score (nSPS) is 10.5. The van der Waals surface area contributed by atoms with Gasteiger partial charge in [0.25, 0.3) is 5.22 Å². The molecule has 0 saturated carbocycles. The molecule has 4 nitrogen and oxygen atoms in total. The minimum Gasteiger partial charge on any atom is -0.436 e. The Hall–Kier alpha value is -1.62. The number of rotatable bonds is 3. The van der Waals surface area contributed by atoms with Gasteiger partial charge in [-0.2, -0.15) is 0 Å². The average molecular weight is 248 g/mol. The number of aryl methyl sites for hydroxylation is 2. The van der Waals surface area contributed by atoms with E-state index in [2.05, 4.69) is 9.97 Å². The highest BCUT2D eigenvalue weighted by molar-refractivity contribution is 7.99. The quantitative estimate of drug-likeness (QED) is 0.781. The smallest absolute Gasteiger partial charge is 0.262 e. The highest BCUT2D eigenvalue weighted by atomic mass is 32.2. The molecule has 0 N–H and O–H groups in total. The Labute approximate surface area is 103 Å². The Balaban J connectivity index is 2.33. The first-order valence-corrected chi connectivity index (χ1v) is 5.97. The zero-order valence-corrected chi connectivity index (χ0v) is 10.7. The molecule has 0 aliphatic carbocycles. The summed E-state index contributed by atoms with van der Waals surface area (Å²) < 4.78 is 5.45. The number of carbonyl (C=O) groups excluding carboxylic acids is 1. The summed E-state index contributed by atoms with van der Waals surface area (Å²) in [5.41, 5.74) is 1.44. The number of hydrogen-bond acceptors (Lipinski definition) is 5. The van der Waals surface area contributed by atoms with Crippen LogP contribution in [-0.4, -0.2) is 15.8 Å². The molecule has 0 amide bonds. The molecule has 0 saturated heterocycles. The van der Waals surface area contributed by atoms with E-state index in [0.717, 1.165) is 11.5 Å². The van der Waals surface area contributed by atoms with Gasteiger partial charge in [0.1, 0.15) is 10.8 Å².